The Kier molecular flexibility index (Phi) is 16.7. The normalized spacial score (nSPS) is 14.0. The molecule has 0 bridgehead atoms. The van der Waals surface area contributed by atoms with E-state index in [2.05, 4.69) is 0 Å². The van der Waals surface area contributed by atoms with Gasteiger partial charge in [0.15, 0.2) is 5.78 Å². The topological polar surface area (TPSA) is 60.4 Å². The molecule has 0 radical (unpaired) electrons. The molecule has 0 aromatic rings. The van der Waals surface area contributed by atoms with Gasteiger partial charge in [0.25, 0.3) is 0 Å². The Morgan fingerprint density at radius 1 is 1.50 bits per heavy atom. The van der Waals surface area contributed by atoms with Gasteiger partial charge in [0.2, 0.25) is 0 Å². The molecular weight excluding hydrogens is 260 g/mol. The second-order valence-corrected chi connectivity index (χ2v) is 2.93. The number of carbonyl (C=O) groups excluding carboxylic acids is 1. The summed E-state index contributed by atoms with van der Waals surface area (Å²) in [6.07, 6.45) is 2.16. The molecule has 3 nitrogen and oxygen atoms in total. The summed E-state index contributed by atoms with van der Waals surface area (Å²) in [4.78, 5) is 10.4. The summed E-state index contributed by atoms with van der Waals surface area (Å²) in [5, 5.41) is 19.8. The minimum Gasteiger partial charge on any atom is -1.00 e. The van der Waals surface area contributed by atoms with Crippen LogP contribution in [0.4, 0.5) is 0 Å². The minimum absolute atomic E-state index is 0. The second kappa shape index (κ2) is 11.6. The van der Waals surface area contributed by atoms with E-state index in [0.29, 0.717) is 12.8 Å². The molecule has 0 aromatic heterocycles. The molecule has 0 unspecified atom stereocenters. The number of aliphatic hydroxyl groups is 1. The molecule has 0 heterocycles. The van der Waals surface area contributed by atoms with Crippen molar-refractivity contribution in [2.45, 2.75) is 38.9 Å². The van der Waals surface area contributed by atoms with Crippen LogP contribution in [0.25, 0.3) is 0 Å². The van der Waals surface area contributed by atoms with Crippen LogP contribution in [-0.2, 0) is 4.79 Å². The van der Waals surface area contributed by atoms with Crippen molar-refractivity contribution >= 4 is 28.8 Å². The van der Waals surface area contributed by atoms with Gasteiger partial charge in [0.1, 0.15) is 0 Å². The Morgan fingerprint density at radius 2 is 2.00 bits per heavy atom. The van der Waals surface area contributed by atoms with E-state index in [1.54, 1.807) is 6.92 Å². The summed E-state index contributed by atoms with van der Waals surface area (Å²) >= 11 is 0. The average molecular weight is 275 g/mol. The number of aliphatic hydroxyl groups excluding tert-OH is 1. The monoisotopic (exact) mass is 274 g/mol. The van der Waals surface area contributed by atoms with Crippen LogP contribution in [0, 0.1) is 0 Å². The number of rotatable bonds is 5. The molecule has 14 heavy (non-hydrogen) atoms. The van der Waals surface area contributed by atoms with Crippen molar-refractivity contribution in [3.8, 4) is 0 Å². The van der Waals surface area contributed by atoms with Gasteiger partial charge in [-0.3, -0.25) is 4.79 Å². The van der Waals surface area contributed by atoms with Gasteiger partial charge in [-0.05, 0) is 26.3 Å². The predicted molar refractivity (Wildman–Crippen MR) is 50.3 cm³/mol. The molecule has 0 saturated heterocycles. The maximum absolute atomic E-state index is 11.0. The van der Waals surface area contributed by atoms with Crippen LogP contribution in [0.3, 0.4) is 0 Å². The van der Waals surface area contributed by atoms with Crippen LogP contribution >= 0.6 is 0 Å². The second-order valence-electron chi connectivity index (χ2n) is 2.93. The molecule has 2 atom stereocenters. The van der Waals surface area contributed by atoms with Crippen molar-refractivity contribution in [3.63, 3.8) is 0 Å². The number of hydrogen-bond donors (Lipinski definition) is 1. The molecule has 0 fully saturated rings. The molecule has 0 rings (SSSR count). The molecule has 0 aliphatic rings. The third-order valence-corrected chi connectivity index (χ3v) is 1.41. The van der Waals surface area contributed by atoms with E-state index < -0.39 is 12.2 Å². The summed E-state index contributed by atoms with van der Waals surface area (Å²) in [6, 6.07) is 0. The smallest absolute Gasteiger partial charge is 1.00 e. The molecular formula is C9H15BrMgO3. The van der Waals surface area contributed by atoms with Crippen LogP contribution in [0.2, 0.25) is 0 Å². The minimum atomic E-state index is -0.872. The number of hydrogen-bond acceptors (Lipinski definition) is 3. The summed E-state index contributed by atoms with van der Waals surface area (Å²) in [7, 11) is 0. The standard InChI is InChI=1S/C9H15O3.BrH.Mg/c1-7(10)3-5-9(12)6-4-8(2)11;;/h3,5,8-9,11H,4,6H2,1-2H3;1H;/q-1;;+2/p-1/b5-3-;;/t8-,9+;;/m1../s1. The Hall–Kier alpha value is 0.576. The quantitative estimate of drug-likeness (QED) is 0.421. The number of halogens is 1. The first-order valence-corrected chi connectivity index (χ1v) is 4.05. The maximum Gasteiger partial charge on any atom is 2.00 e. The number of ketones is 1. The third kappa shape index (κ3) is 15.1. The first kappa shape index (κ1) is 20.0. The van der Waals surface area contributed by atoms with Crippen molar-refractivity contribution in [1.82, 2.24) is 0 Å². The van der Waals surface area contributed by atoms with Gasteiger partial charge in [-0.1, -0.05) is 12.5 Å². The average Bonchev–Trinajstić information content (AvgIpc) is 1.96. The van der Waals surface area contributed by atoms with Crippen molar-refractivity contribution < 1.29 is 32.0 Å². The van der Waals surface area contributed by atoms with E-state index in [0.717, 1.165) is 0 Å². The summed E-state index contributed by atoms with van der Waals surface area (Å²) < 4.78 is 0. The van der Waals surface area contributed by atoms with Crippen molar-refractivity contribution in [2.24, 2.45) is 0 Å². The van der Waals surface area contributed by atoms with Crippen LogP contribution < -0.4 is 22.1 Å². The molecule has 0 aliphatic heterocycles. The van der Waals surface area contributed by atoms with Gasteiger partial charge >= 0.3 is 23.1 Å². The summed E-state index contributed by atoms with van der Waals surface area (Å²) in [6.45, 7) is 3.04. The number of carbonyl (C=O) groups is 1. The van der Waals surface area contributed by atoms with E-state index >= 15 is 0 Å². The van der Waals surface area contributed by atoms with Crippen molar-refractivity contribution in [2.75, 3.05) is 0 Å². The Labute approximate surface area is 112 Å². The van der Waals surface area contributed by atoms with E-state index in [4.69, 9.17) is 5.11 Å². The fourth-order valence-electron chi connectivity index (χ4n) is 0.745. The molecule has 0 aliphatic carbocycles. The Bertz CT molecular complexity index is 171. The Morgan fingerprint density at radius 3 is 2.36 bits per heavy atom. The molecule has 0 aromatic carbocycles. The van der Waals surface area contributed by atoms with Crippen LogP contribution in [0.5, 0.6) is 0 Å². The van der Waals surface area contributed by atoms with Gasteiger partial charge in [0, 0.05) is 0 Å². The van der Waals surface area contributed by atoms with E-state index in [-0.39, 0.29) is 45.8 Å². The Balaban J connectivity index is -0.000000605. The SMILES string of the molecule is CC(=O)/C=C\[C@H]([O-])CC[C@@H](C)O.[Br-].[Mg+2]. The largest absolute Gasteiger partial charge is 2.00 e. The zero-order valence-corrected chi connectivity index (χ0v) is 11.6. The van der Waals surface area contributed by atoms with Gasteiger partial charge in [-0.25, -0.2) is 0 Å². The molecule has 0 amide bonds. The van der Waals surface area contributed by atoms with Crippen LogP contribution in [0.1, 0.15) is 26.7 Å². The predicted octanol–water partition coefficient (Wildman–Crippen LogP) is -3.36. The fraction of sp³-hybridized carbons (Fsp3) is 0.667. The zero-order valence-electron chi connectivity index (χ0n) is 8.57. The zero-order chi connectivity index (χ0) is 9.56. The first-order chi connectivity index (χ1) is 5.52. The van der Waals surface area contributed by atoms with E-state index in [9.17, 15) is 9.90 Å². The van der Waals surface area contributed by atoms with Gasteiger partial charge in [0.05, 0.1) is 6.10 Å². The molecule has 5 heteroatoms. The van der Waals surface area contributed by atoms with E-state index in [1.165, 1.54) is 19.1 Å². The van der Waals surface area contributed by atoms with Crippen molar-refractivity contribution in [1.29, 1.82) is 0 Å². The van der Waals surface area contributed by atoms with Gasteiger partial charge < -0.3 is 27.2 Å². The first-order valence-electron chi connectivity index (χ1n) is 4.05. The summed E-state index contributed by atoms with van der Waals surface area (Å²) in [5.74, 6) is -0.118. The van der Waals surface area contributed by atoms with Crippen molar-refractivity contribution in [3.05, 3.63) is 12.2 Å². The fourth-order valence-corrected chi connectivity index (χ4v) is 0.745. The molecule has 1 N–H and O–H groups in total. The molecule has 0 spiro atoms. The van der Waals surface area contributed by atoms with Crippen LogP contribution in [0.15, 0.2) is 12.2 Å². The summed E-state index contributed by atoms with van der Waals surface area (Å²) in [5.41, 5.74) is 0. The number of allylic oxidation sites excluding steroid dienone is 1. The van der Waals surface area contributed by atoms with Crippen LogP contribution in [-0.4, -0.2) is 46.2 Å². The van der Waals surface area contributed by atoms with Gasteiger partial charge in [-0.15, -0.1) is 6.10 Å². The van der Waals surface area contributed by atoms with Gasteiger partial charge in [-0.2, -0.15) is 0 Å². The van der Waals surface area contributed by atoms with E-state index in [1.807, 2.05) is 0 Å². The maximum atomic E-state index is 11.0. The molecule has 0 saturated carbocycles. The third-order valence-electron chi connectivity index (χ3n) is 1.41. The molecule has 78 valence electrons.